The van der Waals surface area contributed by atoms with Crippen LogP contribution in [-0.4, -0.2) is 40.0 Å². The monoisotopic (exact) mass is 236 g/mol. The van der Waals surface area contributed by atoms with Gasteiger partial charge in [0.2, 0.25) is 5.91 Å². The van der Waals surface area contributed by atoms with Gasteiger partial charge in [0, 0.05) is 45.3 Å². The first-order chi connectivity index (χ1) is 8.20. The summed E-state index contributed by atoms with van der Waals surface area (Å²) in [6, 6.07) is 0.401. The number of aryl methyl sites for hydroxylation is 1. The molecule has 0 bridgehead atoms. The summed E-state index contributed by atoms with van der Waals surface area (Å²) in [5, 5.41) is 3.49. The molecule has 1 amide bonds. The molecule has 1 aliphatic rings. The molecule has 1 aliphatic heterocycles. The van der Waals surface area contributed by atoms with Crippen LogP contribution < -0.4 is 5.32 Å². The highest BCUT2D eigenvalue weighted by Crippen LogP contribution is 2.10. The van der Waals surface area contributed by atoms with Crippen LogP contribution in [0.5, 0.6) is 0 Å². The van der Waals surface area contributed by atoms with Crippen molar-refractivity contribution in [3.05, 3.63) is 18.2 Å². The average Bonchev–Trinajstić information content (AvgIpc) is 2.78. The van der Waals surface area contributed by atoms with E-state index in [0.717, 1.165) is 26.1 Å². The van der Waals surface area contributed by atoms with Gasteiger partial charge in [0.1, 0.15) is 0 Å². The van der Waals surface area contributed by atoms with Crippen LogP contribution in [0.15, 0.2) is 12.5 Å². The molecule has 1 atom stereocenters. The van der Waals surface area contributed by atoms with Crippen molar-refractivity contribution in [2.75, 3.05) is 13.6 Å². The number of rotatable bonds is 4. The molecule has 1 unspecified atom stereocenters. The summed E-state index contributed by atoms with van der Waals surface area (Å²) < 4.78 is 2.13. The fraction of sp³-hybridized carbons (Fsp3) is 0.667. The molecule has 0 radical (unpaired) electrons. The van der Waals surface area contributed by atoms with Crippen LogP contribution in [0.25, 0.3) is 0 Å². The molecule has 1 saturated heterocycles. The second kappa shape index (κ2) is 5.31. The number of aromatic nitrogens is 2. The molecule has 2 rings (SSSR count). The Bertz CT molecular complexity index is 388. The fourth-order valence-electron chi connectivity index (χ4n) is 2.21. The Labute approximate surface area is 102 Å². The van der Waals surface area contributed by atoms with Gasteiger partial charge in [-0.25, -0.2) is 4.98 Å². The first kappa shape index (κ1) is 12.1. The summed E-state index contributed by atoms with van der Waals surface area (Å²) in [7, 11) is 1.87. The average molecular weight is 236 g/mol. The fourth-order valence-corrected chi connectivity index (χ4v) is 2.21. The van der Waals surface area contributed by atoms with E-state index in [1.54, 1.807) is 4.90 Å². The number of piperidine rings is 1. The molecule has 0 aliphatic carbocycles. The third kappa shape index (κ3) is 2.85. The number of carbonyl (C=O) groups is 1. The van der Waals surface area contributed by atoms with Crippen molar-refractivity contribution in [2.24, 2.45) is 0 Å². The van der Waals surface area contributed by atoms with E-state index < -0.39 is 0 Å². The molecule has 5 nitrogen and oxygen atoms in total. The van der Waals surface area contributed by atoms with Gasteiger partial charge in [-0.05, 0) is 13.3 Å². The number of carbonyl (C=O) groups excluding carboxylic acids is 1. The standard InChI is InChI=1S/C12H20N4O/c1-3-16-9-13-6-11(16)7-14-10-4-5-12(17)15(2)8-10/h6,9-10,14H,3-5,7-8H2,1-2H3. The summed E-state index contributed by atoms with van der Waals surface area (Å²) in [5.41, 5.74) is 1.20. The molecule has 5 heteroatoms. The molecule has 1 aromatic rings. The Balaban J connectivity index is 1.84. The molecule has 94 valence electrons. The van der Waals surface area contributed by atoms with Gasteiger partial charge >= 0.3 is 0 Å². The molecular formula is C12H20N4O. The molecule has 0 saturated carbocycles. The number of hydrogen-bond acceptors (Lipinski definition) is 3. The zero-order valence-corrected chi connectivity index (χ0v) is 10.5. The zero-order chi connectivity index (χ0) is 12.3. The number of nitrogens with zero attached hydrogens (tertiary/aromatic N) is 3. The predicted molar refractivity (Wildman–Crippen MR) is 65.4 cm³/mol. The molecule has 1 N–H and O–H groups in total. The van der Waals surface area contributed by atoms with Crippen LogP contribution in [0.2, 0.25) is 0 Å². The minimum atomic E-state index is 0.252. The maximum absolute atomic E-state index is 11.4. The van der Waals surface area contributed by atoms with E-state index >= 15 is 0 Å². The maximum Gasteiger partial charge on any atom is 0.222 e. The van der Waals surface area contributed by atoms with Crippen molar-refractivity contribution < 1.29 is 4.79 Å². The second-order valence-corrected chi connectivity index (χ2v) is 4.56. The lowest BCUT2D eigenvalue weighted by molar-refractivity contribution is -0.132. The van der Waals surface area contributed by atoms with E-state index in [0.29, 0.717) is 12.5 Å². The first-order valence-electron chi connectivity index (χ1n) is 6.17. The number of imidazole rings is 1. The first-order valence-corrected chi connectivity index (χ1v) is 6.17. The quantitative estimate of drug-likeness (QED) is 0.833. The van der Waals surface area contributed by atoms with E-state index in [-0.39, 0.29) is 5.91 Å². The molecule has 2 heterocycles. The highest BCUT2D eigenvalue weighted by atomic mass is 16.2. The van der Waals surface area contributed by atoms with Gasteiger partial charge in [-0.1, -0.05) is 0 Å². The van der Waals surface area contributed by atoms with Crippen molar-refractivity contribution in [3.63, 3.8) is 0 Å². The maximum atomic E-state index is 11.4. The van der Waals surface area contributed by atoms with Crippen molar-refractivity contribution in [1.82, 2.24) is 19.8 Å². The van der Waals surface area contributed by atoms with Crippen LogP contribution in [0.3, 0.4) is 0 Å². The topological polar surface area (TPSA) is 50.2 Å². The zero-order valence-electron chi connectivity index (χ0n) is 10.5. The molecular weight excluding hydrogens is 216 g/mol. The van der Waals surface area contributed by atoms with Crippen LogP contribution in [0.1, 0.15) is 25.5 Å². The largest absolute Gasteiger partial charge is 0.344 e. The Morgan fingerprint density at radius 3 is 3.12 bits per heavy atom. The summed E-state index contributed by atoms with van der Waals surface area (Å²) >= 11 is 0. The van der Waals surface area contributed by atoms with Crippen LogP contribution >= 0.6 is 0 Å². The summed E-state index contributed by atoms with van der Waals surface area (Å²) in [6.07, 6.45) is 5.34. The van der Waals surface area contributed by atoms with Crippen molar-refractivity contribution >= 4 is 5.91 Å². The van der Waals surface area contributed by atoms with Gasteiger partial charge in [0.25, 0.3) is 0 Å². The number of hydrogen-bond donors (Lipinski definition) is 1. The van der Waals surface area contributed by atoms with Gasteiger partial charge in [0.05, 0.1) is 12.0 Å². The van der Waals surface area contributed by atoms with Crippen molar-refractivity contribution in [1.29, 1.82) is 0 Å². The Morgan fingerprint density at radius 1 is 1.59 bits per heavy atom. The van der Waals surface area contributed by atoms with Crippen molar-refractivity contribution in [3.8, 4) is 0 Å². The van der Waals surface area contributed by atoms with Crippen LogP contribution in [0, 0.1) is 0 Å². The summed E-state index contributed by atoms with van der Waals surface area (Å²) in [5.74, 6) is 0.252. The Kier molecular flexibility index (Phi) is 3.78. The number of likely N-dealkylation sites (tertiary alicyclic amines) is 1. The smallest absolute Gasteiger partial charge is 0.222 e. The lowest BCUT2D eigenvalue weighted by Gasteiger charge is -2.30. The molecule has 17 heavy (non-hydrogen) atoms. The minimum Gasteiger partial charge on any atom is -0.344 e. The van der Waals surface area contributed by atoms with Crippen molar-refractivity contribution in [2.45, 2.75) is 38.9 Å². The van der Waals surface area contributed by atoms with Gasteiger partial charge in [-0.2, -0.15) is 0 Å². The third-order valence-electron chi connectivity index (χ3n) is 3.34. The number of nitrogens with one attached hydrogen (secondary N) is 1. The van der Waals surface area contributed by atoms with Gasteiger partial charge in [-0.3, -0.25) is 4.79 Å². The lowest BCUT2D eigenvalue weighted by Crippen LogP contribution is -2.46. The highest BCUT2D eigenvalue weighted by molar-refractivity contribution is 5.76. The van der Waals surface area contributed by atoms with E-state index in [2.05, 4.69) is 21.8 Å². The lowest BCUT2D eigenvalue weighted by atomic mass is 10.1. The predicted octanol–water partition coefficient (Wildman–Crippen LogP) is 0.613. The Hall–Kier alpha value is -1.36. The molecule has 1 fully saturated rings. The van der Waals surface area contributed by atoms with Crippen LogP contribution in [0.4, 0.5) is 0 Å². The SMILES string of the molecule is CCn1cncc1CNC1CCC(=O)N(C)C1. The van der Waals surface area contributed by atoms with E-state index in [1.807, 2.05) is 19.6 Å². The number of likely N-dealkylation sites (N-methyl/N-ethyl adjacent to an activating group) is 1. The molecule has 0 spiro atoms. The Morgan fingerprint density at radius 2 is 2.41 bits per heavy atom. The van der Waals surface area contributed by atoms with E-state index in [4.69, 9.17) is 0 Å². The summed E-state index contributed by atoms with van der Waals surface area (Å²) in [4.78, 5) is 17.3. The highest BCUT2D eigenvalue weighted by Gasteiger charge is 2.22. The molecule has 1 aromatic heterocycles. The van der Waals surface area contributed by atoms with Gasteiger partial charge < -0.3 is 14.8 Å². The second-order valence-electron chi connectivity index (χ2n) is 4.56. The third-order valence-corrected chi connectivity index (χ3v) is 3.34. The van der Waals surface area contributed by atoms with E-state index in [9.17, 15) is 4.79 Å². The van der Waals surface area contributed by atoms with E-state index in [1.165, 1.54) is 5.69 Å². The van der Waals surface area contributed by atoms with Gasteiger partial charge in [-0.15, -0.1) is 0 Å². The normalized spacial score (nSPS) is 20.9. The molecule has 0 aromatic carbocycles. The van der Waals surface area contributed by atoms with Gasteiger partial charge in [0.15, 0.2) is 0 Å². The summed E-state index contributed by atoms with van der Waals surface area (Å²) in [6.45, 7) is 4.68. The van der Waals surface area contributed by atoms with Crippen LogP contribution in [-0.2, 0) is 17.9 Å². The minimum absolute atomic E-state index is 0.252. The number of amides is 1.